The van der Waals surface area contributed by atoms with E-state index in [1.807, 2.05) is 0 Å². The lowest BCUT2D eigenvalue weighted by molar-refractivity contribution is -0.148. The van der Waals surface area contributed by atoms with Gasteiger partial charge in [0.2, 0.25) is 21.8 Å². The number of hydrogen-bond donors (Lipinski definition) is 4. The molecule has 4 N–H and O–H groups in total. The van der Waals surface area contributed by atoms with Gasteiger partial charge in [-0.25, -0.2) is 22.4 Å². The van der Waals surface area contributed by atoms with Crippen molar-refractivity contribution in [3.8, 4) is 0 Å². The second-order valence-corrected chi connectivity index (χ2v) is 17.9. The van der Waals surface area contributed by atoms with E-state index in [1.165, 1.54) is 23.1 Å². The topological polar surface area (TPSA) is 236 Å². The Morgan fingerprint density at radius 1 is 1.11 bits per heavy atom. The predicted molar refractivity (Wildman–Crippen MR) is 195 cm³/mol. The van der Waals surface area contributed by atoms with E-state index in [2.05, 4.69) is 27.3 Å². The second-order valence-electron chi connectivity index (χ2n) is 16.0. The number of halogens is 1. The van der Waals surface area contributed by atoms with Gasteiger partial charge in [-0.1, -0.05) is 18.2 Å². The molecule has 57 heavy (non-hydrogen) atoms. The fraction of sp³-hybridized carbons (Fsp3) is 0.595. The number of cyclic esters (lactones) is 1. The number of ether oxygens (including phenoxy) is 3. The maximum atomic E-state index is 14.5. The number of carbonyl (C=O) groups excluding carboxylic acids is 7. The van der Waals surface area contributed by atoms with Crippen molar-refractivity contribution in [3.05, 3.63) is 47.8 Å². The van der Waals surface area contributed by atoms with E-state index in [-0.39, 0.29) is 58.3 Å². The Labute approximate surface area is 328 Å². The van der Waals surface area contributed by atoms with Gasteiger partial charge in [0.05, 0.1) is 18.3 Å². The van der Waals surface area contributed by atoms with Crippen molar-refractivity contribution in [1.29, 1.82) is 0 Å². The van der Waals surface area contributed by atoms with Gasteiger partial charge in [0, 0.05) is 43.8 Å². The van der Waals surface area contributed by atoms with Crippen LogP contribution in [-0.4, -0.2) is 114 Å². The highest BCUT2D eigenvalue weighted by molar-refractivity contribution is 7.91. The second kappa shape index (κ2) is 15.9. The number of carbonyl (C=O) groups is 7. The van der Waals surface area contributed by atoms with Crippen molar-refractivity contribution in [2.45, 2.75) is 119 Å². The van der Waals surface area contributed by atoms with Gasteiger partial charge < -0.3 is 35.1 Å². The Kier molecular flexibility index (Phi) is 11.6. The van der Waals surface area contributed by atoms with Gasteiger partial charge in [0.1, 0.15) is 35.1 Å². The average Bonchev–Trinajstić information content (AvgIpc) is 3.95. The Balaban J connectivity index is 1.22. The molecule has 20 heteroatoms. The maximum Gasteiger partial charge on any atom is 0.410 e. The van der Waals surface area contributed by atoms with Crippen molar-refractivity contribution in [2.24, 2.45) is 5.92 Å². The summed E-state index contributed by atoms with van der Waals surface area (Å²) >= 11 is 0. The third-order valence-corrected chi connectivity index (χ3v) is 12.3. The smallest absolute Gasteiger partial charge is 0.410 e. The summed E-state index contributed by atoms with van der Waals surface area (Å²) in [6.45, 7) is 7.97. The summed E-state index contributed by atoms with van der Waals surface area (Å²) in [5.41, 5.74) is -1.75. The number of fused-ring (bicyclic) bond motifs is 1. The van der Waals surface area contributed by atoms with E-state index in [9.17, 15) is 46.4 Å². The largest absolute Gasteiger partial charge is 0.452 e. The maximum absolute atomic E-state index is 14.5. The third-order valence-electron chi connectivity index (χ3n) is 10.4. The molecule has 3 heterocycles. The van der Waals surface area contributed by atoms with Crippen molar-refractivity contribution in [1.82, 2.24) is 30.5 Å². The number of hydrogen-bond acceptors (Lipinski definition) is 12. The monoisotopic (exact) mass is 818 g/mol. The fourth-order valence-electron chi connectivity index (χ4n) is 7.19. The number of amides is 6. The van der Waals surface area contributed by atoms with Crippen LogP contribution in [0.25, 0.3) is 0 Å². The number of alkyl carbamates (subject to hydrolysis) is 1. The van der Waals surface area contributed by atoms with Gasteiger partial charge in [-0.15, -0.1) is 6.58 Å². The van der Waals surface area contributed by atoms with E-state index in [0.29, 0.717) is 24.0 Å². The Bertz CT molecular complexity index is 1970. The average molecular weight is 819 g/mol. The molecule has 3 aliphatic heterocycles. The molecule has 0 radical (unpaired) electrons. The number of esters is 1. The van der Waals surface area contributed by atoms with Gasteiger partial charge in [-0.2, -0.15) is 0 Å². The van der Waals surface area contributed by atoms with Crippen LogP contribution in [0.15, 0.2) is 30.9 Å². The molecule has 6 atom stereocenters. The van der Waals surface area contributed by atoms with Crippen LogP contribution in [0, 0.1) is 11.7 Å². The highest BCUT2D eigenvalue weighted by Gasteiger charge is 2.62. The van der Waals surface area contributed by atoms with Crippen molar-refractivity contribution < 1.29 is 60.6 Å². The molecule has 5 aliphatic rings. The summed E-state index contributed by atoms with van der Waals surface area (Å²) in [7, 11) is -3.99. The number of likely N-dealkylation sites (tertiary alicyclic amines) is 1. The summed E-state index contributed by atoms with van der Waals surface area (Å²) < 4.78 is 58.0. The molecule has 1 aromatic rings. The highest BCUT2D eigenvalue weighted by atomic mass is 32.2. The van der Waals surface area contributed by atoms with Gasteiger partial charge >= 0.3 is 18.2 Å². The standard InChI is InChI=1S/C37H47FN6O12S/c1-5-21-16-37(21,33(49)42-57(52,53)23-9-10-23)41-30(46)27-15-22(54-35(51)43-17-20-7-6-8-25(38)24(20)19-43)18-44(27)32(48)26(40-34(50)56-36(2,3)4)13-14-39-31(47)28-11-12-29(45)55-28/h5-8,21-23,26-28H,1,9-19H2,2-4H3,(H,39,47)(H,40,50)(H,41,46)(H,42,49). The number of nitrogens with one attached hydrogen (secondary N) is 4. The minimum Gasteiger partial charge on any atom is -0.452 e. The zero-order chi connectivity index (χ0) is 41.4. The van der Waals surface area contributed by atoms with E-state index in [0.717, 1.165) is 4.90 Å². The number of nitrogens with zero attached hydrogens (tertiary/aromatic N) is 2. The number of benzene rings is 1. The van der Waals surface area contributed by atoms with Crippen LogP contribution in [0.4, 0.5) is 14.0 Å². The molecular weight excluding hydrogens is 772 g/mol. The SMILES string of the molecule is C=CC1CC1(NC(=O)C1CC(OC(=O)N2Cc3cccc(F)c3C2)CN1C(=O)C(CCNC(=O)C1CCC(=O)O1)NC(=O)OC(C)(C)C)C(=O)NS(=O)(=O)C1CC1. The molecule has 6 unspecified atom stereocenters. The Morgan fingerprint density at radius 3 is 2.46 bits per heavy atom. The molecule has 6 rings (SSSR count). The molecule has 2 saturated heterocycles. The number of sulfonamides is 1. The molecule has 4 fully saturated rings. The predicted octanol–water partition coefficient (Wildman–Crippen LogP) is 1.02. The lowest BCUT2D eigenvalue weighted by Crippen LogP contribution is -2.58. The highest BCUT2D eigenvalue weighted by Crippen LogP contribution is 2.45. The first-order valence-corrected chi connectivity index (χ1v) is 20.3. The molecule has 310 valence electrons. The van der Waals surface area contributed by atoms with E-state index in [4.69, 9.17) is 14.2 Å². The lowest BCUT2D eigenvalue weighted by atomic mass is 10.1. The van der Waals surface area contributed by atoms with E-state index < -0.39 is 104 Å². The van der Waals surface area contributed by atoms with E-state index >= 15 is 0 Å². The van der Waals surface area contributed by atoms with Crippen LogP contribution in [0.5, 0.6) is 0 Å². The fourth-order valence-corrected chi connectivity index (χ4v) is 8.56. The molecule has 1 aromatic carbocycles. The first kappa shape index (κ1) is 41.4. The molecule has 6 amide bonds. The molecule has 2 aliphatic carbocycles. The normalized spacial score (nSPS) is 25.7. The van der Waals surface area contributed by atoms with E-state index in [1.54, 1.807) is 26.8 Å². The van der Waals surface area contributed by atoms with Crippen LogP contribution in [0.1, 0.15) is 76.8 Å². The summed E-state index contributed by atoms with van der Waals surface area (Å²) in [6.07, 6.45) is -1.97. The molecule has 2 saturated carbocycles. The zero-order valence-electron chi connectivity index (χ0n) is 31.8. The molecule has 18 nitrogen and oxygen atoms in total. The van der Waals surface area contributed by atoms with Crippen LogP contribution in [0.2, 0.25) is 0 Å². The Morgan fingerprint density at radius 2 is 1.84 bits per heavy atom. The van der Waals surface area contributed by atoms with Gasteiger partial charge in [0.25, 0.3) is 11.8 Å². The number of rotatable bonds is 13. The van der Waals surface area contributed by atoms with Crippen molar-refractivity contribution in [3.63, 3.8) is 0 Å². The van der Waals surface area contributed by atoms with Crippen LogP contribution < -0.4 is 20.7 Å². The molecular formula is C37H47FN6O12S. The summed E-state index contributed by atoms with van der Waals surface area (Å²) in [6, 6.07) is 1.65. The van der Waals surface area contributed by atoms with Crippen LogP contribution in [0.3, 0.4) is 0 Å². The summed E-state index contributed by atoms with van der Waals surface area (Å²) in [4.78, 5) is 95.0. The lowest BCUT2D eigenvalue weighted by Gasteiger charge is -2.30. The minimum absolute atomic E-state index is 0.0260. The molecule has 0 bridgehead atoms. The van der Waals surface area contributed by atoms with Gasteiger partial charge in [0.15, 0.2) is 6.10 Å². The van der Waals surface area contributed by atoms with Gasteiger partial charge in [-0.05, 0) is 58.1 Å². The van der Waals surface area contributed by atoms with Gasteiger partial charge in [-0.3, -0.25) is 33.6 Å². The summed E-state index contributed by atoms with van der Waals surface area (Å²) in [5, 5.41) is 7.00. The van der Waals surface area contributed by atoms with Crippen molar-refractivity contribution in [2.75, 3.05) is 13.1 Å². The third kappa shape index (κ3) is 9.48. The van der Waals surface area contributed by atoms with Crippen molar-refractivity contribution >= 4 is 51.8 Å². The zero-order valence-corrected chi connectivity index (χ0v) is 32.7. The molecule has 0 spiro atoms. The first-order valence-electron chi connectivity index (χ1n) is 18.8. The van der Waals surface area contributed by atoms with Crippen LogP contribution in [-0.2, 0) is 61.3 Å². The first-order chi connectivity index (χ1) is 26.8. The van der Waals surface area contributed by atoms with Crippen LogP contribution >= 0.6 is 0 Å². The minimum atomic E-state index is -3.99. The molecule has 0 aromatic heterocycles. The quantitative estimate of drug-likeness (QED) is 0.124. The summed E-state index contributed by atoms with van der Waals surface area (Å²) in [5.74, 6) is -4.92. The Hall–Kier alpha value is -5.27.